The highest BCUT2D eigenvalue weighted by Crippen LogP contribution is 2.13. The van der Waals surface area contributed by atoms with E-state index in [9.17, 15) is 12.8 Å². The minimum atomic E-state index is -3.44. The first kappa shape index (κ1) is 24.3. The smallest absolute Gasteiger partial charge is 0.220 e. The summed E-state index contributed by atoms with van der Waals surface area (Å²) in [7, 11) is -1.77. The molecule has 1 aromatic carbocycles. The Morgan fingerprint density at radius 1 is 1.30 bits per heavy atom. The number of nitrogens with one attached hydrogen (secondary N) is 1. The number of piperazine rings is 1. The molecule has 0 aliphatic carbocycles. The molecule has 1 aromatic heterocycles. The normalized spacial score (nSPS) is 15.5. The highest BCUT2D eigenvalue weighted by atomic mass is 127. The zero-order chi connectivity index (χ0) is 20.7. The van der Waals surface area contributed by atoms with E-state index in [1.165, 1.54) is 22.7 Å². The van der Waals surface area contributed by atoms with E-state index in [0.717, 1.165) is 0 Å². The highest BCUT2D eigenvalue weighted by molar-refractivity contribution is 14.0. The molecule has 1 aliphatic heterocycles. The van der Waals surface area contributed by atoms with E-state index in [1.54, 1.807) is 25.2 Å². The number of ether oxygens (including phenoxy) is 1. The van der Waals surface area contributed by atoms with Crippen molar-refractivity contribution in [2.75, 3.05) is 46.4 Å². The summed E-state index contributed by atoms with van der Waals surface area (Å²) in [6.45, 7) is 2.58. The van der Waals surface area contributed by atoms with Crippen molar-refractivity contribution in [2.45, 2.75) is 5.75 Å². The second kappa shape index (κ2) is 11.5. The number of aliphatic imine (C=N–C) groups is 1. The van der Waals surface area contributed by atoms with E-state index in [1.807, 2.05) is 4.90 Å². The van der Waals surface area contributed by atoms with Crippen LogP contribution in [-0.4, -0.2) is 75.1 Å². The molecule has 1 saturated heterocycles. The molecule has 0 unspecified atom stereocenters. The summed E-state index contributed by atoms with van der Waals surface area (Å²) in [5.41, 5.74) is 0.392. The summed E-state index contributed by atoms with van der Waals surface area (Å²) in [5, 5.41) is 6.85. The molecule has 0 bridgehead atoms. The molecule has 1 fully saturated rings. The van der Waals surface area contributed by atoms with Crippen molar-refractivity contribution in [3.63, 3.8) is 0 Å². The standard InChI is InChI=1S/C18H24FN5O4S.HI/c1-20-18(21-6-12-27-17-4-2-3-15(19)13-17)23-7-9-24(10-8-23)29(25,26)14-16-5-11-28-22-16;/h2-5,11,13H,6-10,12,14H2,1H3,(H,20,21);1H. The van der Waals surface area contributed by atoms with Crippen molar-refractivity contribution in [3.05, 3.63) is 48.1 Å². The van der Waals surface area contributed by atoms with Crippen molar-refractivity contribution in [3.8, 4) is 5.75 Å². The summed E-state index contributed by atoms with van der Waals surface area (Å²) < 4.78 is 49.8. The van der Waals surface area contributed by atoms with Crippen molar-refractivity contribution >= 4 is 40.0 Å². The number of sulfonamides is 1. The molecular weight excluding hydrogens is 528 g/mol. The minimum absolute atomic E-state index is 0. The maximum atomic E-state index is 13.1. The molecule has 3 rings (SSSR count). The Morgan fingerprint density at radius 2 is 2.07 bits per heavy atom. The van der Waals surface area contributed by atoms with E-state index >= 15 is 0 Å². The lowest BCUT2D eigenvalue weighted by Crippen LogP contribution is -2.54. The molecule has 0 amide bonds. The molecule has 30 heavy (non-hydrogen) atoms. The van der Waals surface area contributed by atoms with Gasteiger partial charge in [0.1, 0.15) is 30.2 Å². The van der Waals surface area contributed by atoms with Gasteiger partial charge in [-0.1, -0.05) is 11.2 Å². The van der Waals surface area contributed by atoms with Crippen LogP contribution >= 0.6 is 24.0 Å². The summed E-state index contributed by atoms with van der Waals surface area (Å²) in [5.74, 6) is 0.616. The Labute approximate surface area is 192 Å². The van der Waals surface area contributed by atoms with Gasteiger partial charge < -0.3 is 19.5 Å². The fraction of sp³-hybridized carbons (Fsp3) is 0.444. The van der Waals surface area contributed by atoms with Crippen LogP contribution in [0.2, 0.25) is 0 Å². The number of hydrogen-bond acceptors (Lipinski definition) is 6. The Kier molecular flexibility index (Phi) is 9.30. The van der Waals surface area contributed by atoms with Gasteiger partial charge >= 0.3 is 0 Å². The predicted molar refractivity (Wildman–Crippen MR) is 121 cm³/mol. The van der Waals surface area contributed by atoms with Crippen LogP contribution in [0.4, 0.5) is 4.39 Å². The number of aromatic nitrogens is 1. The van der Waals surface area contributed by atoms with Gasteiger partial charge in [0.05, 0.1) is 12.2 Å². The molecule has 12 heteroatoms. The largest absolute Gasteiger partial charge is 0.492 e. The summed E-state index contributed by atoms with van der Waals surface area (Å²) >= 11 is 0. The van der Waals surface area contributed by atoms with Crippen LogP contribution in [0, 0.1) is 5.82 Å². The molecule has 2 aromatic rings. The Bertz CT molecular complexity index is 918. The monoisotopic (exact) mass is 553 g/mol. The minimum Gasteiger partial charge on any atom is -0.492 e. The third-order valence-corrected chi connectivity index (χ3v) is 6.23. The van der Waals surface area contributed by atoms with Gasteiger partial charge in [0.15, 0.2) is 5.96 Å². The van der Waals surface area contributed by atoms with Crippen molar-refractivity contribution in [1.82, 2.24) is 19.7 Å². The molecule has 0 radical (unpaired) electrons. The second-order valence-electron chi connectivity index (χ2n) is 6.41. The van der Waals surface area contributed by atoms with Crippen LogP contribution in [0.5, 0.6) is 5.75 Å². The Hall–Kier alpha value is -1.93. The zero-order valence-electron chi connectivity index (χ0n) is 16.5. The van der Waals surface area contributed by atoms with Gasteiger partial charge in [-0.25, -0.2) is 12.8 Å². The van der Waals surface area contributed by atoms with Gasteiger partial charge in [0, 0.05) is 45.4 Å². The second-order valence-corrected chi connectivity index (χ2v) is 8.38. The Morgan fingerprint density at radius 3 is 2.70 bits per heavy atom. The maximum Gasteiger partial charge on any atom is 0.220 e. The van der Waals surface area contributed by atoms with Crippen molar-refractivity contribution in [2.24, 2.45) is 4.99 Å². The lowest BCUT2D eigenvalue weighted by atomic mass is 10.3. The fourth-order valence-corrected chi connectivity index (χ4v) is 4.41. The number of hydrogen-bond donors (Lipinski definition) is 1. The first-order valence-corrected chi connectivity index (χ1v) is 10.8. The quantitative estimate of drug-likeness (QED) is 0.240. The molecule has 1 aliphatic rings. The lowest BCUT2D eigenvalue weighted by Gasteiger charge is -2.35. The lowest BCUT2D eigenvalue weighted by molar-refractivity contribution is 0.257. The number of nitrogens with zero attached hydrogens (tertiary/aromatic N) is 4. The van der Waals surface area contributed by atoms with E-state index in [4.69, 9.17) is 9.26 Å². The topological polar surface area (TPSA) is 100 Å². The van der Waals surface area contributed by atoms with Crippen LogP contribution in [0.15, 0.2) is 46.1 Å². The van der Waals surface area contributed by atoms with Gasteiger partial charge in [-0.05, 0) is 12.1 Å². The van der Waals surface area contributed by atoms with Crippen LogP contribution in [-0.2, 0) is 15.8 Å². The number of benzene rings is 1. The van der Waals surface area contributed by atoms with Gasteiger partial charge in [0.25, 0.3) is 0 Å². The number of guanidine groups is 1. The third kappa shape index (κ3) is 6.80. The molecular formula is C18H25FIN5O4S. The first-order chi connectivity index (χ1) is 14.0. The third-order valence-electron chi connectivity index (χ3n) is 4.41. The van der Waals surface area contributed by atoms with Gasteiger partial charge in [0.2, 0.25) is 10.0 Å². The molecule has 9 nitrogen and oxygen atoms in total. The summed E-state index contributed by atoms with van der Waals surface area (Å²) in [4.78, 5) is 6.23. The van der Waals surface area contributed by atoms with E-state index < -0.39 is 10.0 Å². The highest BCUT2D eigenvalue weighted by Gasteiger charge is 2.28. The van der Waals surface area contributed by atoms with Crippen molar-refractivity contribution < 1.29 is 22.1 Å². The van der Waals surface area contributed by atoms with Gasteiger partial charge in [-0.15, -0.1) is 24.0 Å². The van der Waals surface area contributed by atoms with Crippen LogP contribution in [0.3, 0.4) is 0 Å². The van der Waals surface area contributed by atoms with Crippen LogP contribution < -0.4 is 10.1 Å². The van der Waals surface area contributed by atoms with E-state index in [2.05, 4.69) is 15.5 Å². The summed E-state index contributed by atoms with van der Waals surface area (Å²) in [6, 6.07) is 7.52. The zero-order valence-corrected chi connectivity index (χ0v) is 19.7. The average Bonchev–Trinajstić information content (AvgIpc) is 3.21. The van der Waals surface area contributed by atoms with Gasteiger partial charge in [-0.3, -0.25) is 4.99 Å². The van der Waals surface area contributed by atoms with E-state index in [-0.39, 0.29) is 35.5 Å². The maximum absolute atomic E-state index is 13.1. The molecule has 0 spiro atoms. The molecule has 0 atom stereocenters. The Balaban J connectivity index is 0.00000320. The van der Waals surface area contributed by atoms with Crippen molar-refractivity contribution in [1.29, 1.82) is 0 Å². The molecule has 0 saturated carbocycles. The molecule has 2 heterocycles. The molecule has 166 valence electrons. The van der Waals surface area contributed by atoms with E-state index in [0.29, 0.717) is 56.7 Å². The first-order valence-electron chi connectivity index (χ1n) is 9.19. The van der Waals surface area contributed by atoms with Gasteiger partial charge in [-0.2, -0.15) is 4.31 Å². The summed E-state index contributed by atoms with van der Waals surface area (Å²) in [6.07, 6.45) is 1.36. The number of rotatable bonds is 7. The SMILES string of the molecule is CN=C(NCCOc1cccc(F)c1)N1CCN(S(=O)(=O)Cc2ccon2)CC1.I. The van der Waals surface area contributed by atoms with Crippen LogP contribution in [0.25, 0.3) is 0 Å². The fourth-order valence-electron chi connectivity index (χ4n) is 2.99. The number of halogens is 2. The predicted octanol–water partition coefficient (Wildman–Crippen LogP) is 1.53. The average molecular weight is 553 g/mol. The van der Waals surface area contributed by atoms with Crippen LogP contribution in [0.1, 0.15) is 5.69 Å². The molecule has 1 N–H and O–H groups in total.